The van der Waals surface area contributed by atoms with Crippen LogP contribution in [0.15, 0.2) is 58.4 Å². The molecule has 1 unspecified atom stereocenters. The van der Waals surface area contributed by atoms with E-state index >= 15 is 0 Å². The van der Waals surface area contributed by atoms with E-state index < -0.39 is 10.0 Å². The third-order valence-corrected chi connectivity index (χ3v) is 5.68. The first-order valence-corrected chi connectivity index (χ1v) is 8.25. The van der Waals surface area contributed by atoms with Gasteiger partial charge >= 0.3 is 0 Å². The molecule has 2 heterocycles. The van der Waals surface area contributed by atoms with Crippen molar-refractivity contribution in [2.75, 3.05) is 13.1 Å². The molecule has 1 N–H and O–H groups in total. The molecule has 1 aliphatic rings. The van der Waals surface area contributed by atoms with Crippen molar-refractivity contribution in [3.8, 4) is 0 Å². The Morgan fingerprint density at radius 1 is 1.10 bits per heavy atom. The van der Waals surface area contributed by atoms with Crippen LogP contribution in [0.2, 0.25) is 0 Å². The quantitative estimate of drug-likeness (QED) is 0.935. The number of aromatic amines is 1. The summed E-state index contributed by atoms with van der Waals surface area (Å²) >= 11 is 0. The minimum atomic E-state index is -3.53. The molecule has 2 aromatic rings. The highest BCUT2D eigenvalue weighted by Gasteiger charge is 2.33. The molecule has 1 aliphatic heterocycles. The SMILES string of the molecule is O=c1ccc(S(=O)(=O)N2CCC(c3ccccc3)C2)c[nH]1. The minimum absolute atomic E-state index is 0.135. The topological polar surface area (TPSA) is 70.2 Å². The lowest BCUT2D eigenvalue weighted by Crippen LogP contribution is -2.29. The van der Waals surface area contributed by atoms with Crippen molar-refractivity contribution in [1.82, 2.24) is 9.29 Å². The normalized spacial score (nSPS) is 19.7. The smallest absolute Gasteiger partial charge is 0.247 e. The minimum Gasteiger partial charge on any atom is -0.328 e. The zero-order valence-corrected chi connectivity index (χ0v) is 12.2. The molecule has 0 saturated carbocycles. The Labute approximate surface area is 123 Å². The van der Waals surface area contributed by atoms with Crippen LogP contribution in [-0.2, 0) is 10.0 Å². The second-order valence-corrected chi connectivity index (χ2v) is 7.09. The van der Waals surface area contributed by atoms with E-state index in [4.69, 9.17) is 0 Å². The number of sulfonamides is 1. The summed E-state index contributed by atoms with van der Waals surface area (Å²) in [6.45, 7) is 0.979. The largest absolute Gasteiger partial charge is 0.328 e. The third-order valence-electron chi connectivity index (χ3n) is 3.82. The van der Waals surface area contributed by atoms with Gasteiger partial charge in [0, 0.05) is 25.4 Å². The van der Waals surface area contributed by atoms with Gasteiger partial charge in [-0.05, 0) is 24.0 Å². The van der Waals surface area contributed by atoms with Crippen LogP contribution >= 0.6 is 0 Å². The highest BCUT2D eigenvalue weighted by atomic mass is 32.2. The molecule has 1 aromatic carbocycles. The fraction of sp³-hybridized carbons (Fsp3) is 0.267. The second-order valence-electron chi connectivity index (χ2n) is 5.15. The van der Waals surface area contributed by atoms with E-state index in [1.807, 2.05) is 30.3 Å². The summed E-state index contributed by atoms with van der Waals surface area (Å²) in [5, 5.41) is 0. The molecule has 3 rings (SSSR count). The first-order valence-electron chi connectivity index (χ1n) is 6.81. The number of H-pyrrole nitrogens is 1. The number of rotatable bonds is 3. The predicted octanol–water partition coefficient (Wildman–Crippen LogP) is 1.55. The van der Waals surface area contributed by atoms with Crippen LogP contribution in [0.4, 0.5) is 0 Å². The number of hydrogen-bond donors (Lipinski definition) is 1. The van der Waals surface area contributed by atoms with Gasteiger partial charge in [-0.2, -0.15) is 4.31 Å². The van der Waals surface area contributed by atoms with Gasteiger partial charge in [0.2, 0.25) is 15.6 Å². The van der Waals surface area contributed by atoms with Crippen LogP contribution in [0.25, 0.3) is 0 Å². The maximum Gasteiger partial charge on any atom is 0.247 e. The van der Waals surface area contributed by atoms with Crippen molar-refractivity contribution >= 4 is 10.0 Å². The Hall–Kier alpha value is -1.92. The van der Waals surface area contributed by atoms with Gasteiger partial charge in [0.05, 0.1) is 4.90 Å². The molecule has 21 heavy (non-hydrogen) atoms. The number of nitrogens with zero attached hydrogens (tertiary/aromatic N) is 1. The summed E-state index contributed by atoms with van der Waals surface area (Å²) in [5.41, 5.74) is 0.856. The van der Waals surface area contributed by atoms with Gasteiger partial charge in [-0.3, -0.25) is 4.79 Å². The lowest BCUT2D eigenvalue weighted by atomic mass is 9.99. The molecular formula is C15H16N2O3S. The number of aromatic nitrogens is 1. The first kappa shape index (κ1) is 14.0. The zero-order valence-electron chi connectivity index (χ0n) is 11.4. The summed E-state index contributed by atoms with van der Waals surface area (Å²) in [4.78, 5) is 13.6. The van der Waals surface area contributed by atoms with Crippen molar-refractivity contribution < 1.29 is 8.42 Å². The summed E-state index contributed by atoms with van der Waals surface area (Å²) < 4.78 is 26.5. The number of hydrogen-bond acceptors (Lipinski definition) is 3. The molecule has 1 atom stereocenters. The molecule has 0 bridgehead atoms. The summed E-state index contributed by atoms with van der Waals surface area (Å²) in [6, 6.07) is 12.5. The summed E-state index contributed by atoms with van der Waals surface area (Å²) in [7, 11) is -3.53. The van der Waals surface area contributed by atoms with Crippen molar-refractivity contribution in [1.29, 1.82) is 0 Å². The summed E-state index contributed by atoms with van der Waals surface area (Å²) in [5.74, 6) is 0.226. The molecule has 5 nitrogen and oxygen atoms in total. The first-order chi connectivity index (χ1) is 10.1. The zero-order chi connectivity index (χ0) is 14.9. The number of pyridine rings is 1. The number of benzene rings is 1. The molecule has 6 heteroatoms. The second kappa shape index (κ2) is 5.46. The van der Waals surface area contributed by atoms with Gasteiger partial charge in [-0.1, -0.05) is 30.3 Å². The average molecular weight is 304 g/mol. The van der Waals surface area contributed by atoms with E-state index in [0.717, 1.165) is 12.0 Å². The maximum absolute atomic E-state index is 12.5. The Morgan fingerprint density at radius 3 is 2.52 bits per heavy atom. The molecule has 1 saturated heterocycles. The Bertz CT molecular complexity index is 764. The fourth-order valence-electron chi connectivity index (χ4n) is 2.65. The fourth-order valence-corrected chi connectivity index (χ4v) is 4.12. The molecule has 110 valence electrons. The van der Waals surface area contributed by atoms with Crippen LogP contribution < -0.4 is 5.56 Å². The number of nitrogens with one attached hydrogen (secondary N) is 1. The molecule has 1 fully saturated rings. The highest BCUT2D eigenvalue weighted by molar-refractivity contribution is 7.89. The van der Waals surface area contributed by atoms with E-state index in [1.165, 1.54) is 22.6 Å². The van der Waals surface area contributed by atoms with Crippen LogP contribution in [0.3, 0.4) is 0 Å². The van der Waals surface area contributed by atoms with Crippen molar-refractivity contribution in [2.45, 2.75) is 17.2 Å². The van der Waals surface area contributed by atoms with Crippen molar-refractivity contribution in [3.63, 3.8) is 0 Å². The third kappa shape index (κ3) is 2.77. The van der Waals surface area contributed by atoms with Crippen molar-refractivity contribution in [3.05, 3.63) is 64.6 Å². The van der Waals surface area contributed by atoms with Gasteiger partial charge in [0.25, 0.3) is 0 Å². The van der Waals surface area contributed by atoms with Gasteiger partial charge in [0.1, 0.15) is 0 Å². The van der Waals surface area contributed by atoms with Gasteiger partial charge in [-0.15, -0.1) is 0 Å². The van der Waals surface area contributed by atoms with Crippen LogP contribution in [-0.4, -0.2) is 30.8 Å². The van der Waals surface area contributed by atoms with E-state index in [-0.39, 0.29) is 16.4 Å². The lowest BCUT2D eigenvalue weighted by Gasteiger charge is -2.16. The molecule has 0 aliphatic carbocycles. The van der Waals surface area contributed by atoms with E-state index in [0.29, 0.717) is 13.1 Å². The molecule has 1 aromatic heterocycles. The standard InChI is InChI=1S/C15H16N2O3S/c18-15-7-6-14(10-16-15)21(19,20)17-9-8-13(11-17)12-4-2-1-3-5-12/h1-7,10,13H,8-9,11H2,(H,16,18). The molecule has 0 spiro atoms. The van der Waals surface area contributed by atoms with Gasteiger partial charge in [0.15, 0.2) is 0 Å². The van der Waals surface area contributed by atoms with Crippen LogP contribution in [0.5, 0.6) is 0 Å². The van der Waals surface area contributed by atoms with Crippen LogP contribution in [0, 0.1) is 0 Å². The maximum atomic E-state index is 12.5. The Morgan fingerprint density at radius 2 is 1.86 bits per heavy atom. The molecular weight excluding hydrogens is 288 g/mol. The average Bonchev–Trinajstić information content (AvgIpc) is 2.99. The summed E-state index contributed by atoms with van der Waals surface area (Å²) in [6.07, 6.45) is 2.07. The van der Waals surface area contributed by atoms with Gasteiger partial charge < -0.3 is 4.98 Å². The van der Waals surface area contributed by atoms with Gasteiger partial charge in [-0.25, -0.2) is 8.42 Å². The molecule has 0 amide bonds. The van der Waals surface area contributed by atoms with E-state index in [9.17, 15) is 13.2 Å². The Balaban J connectivity index is 1.82. The van der Waals surface area contributed by atoms with Crippen molar-refractivity contribution in [2.24, 2.45) is 0 Å². The lowest BCUT2D eigenvalue weighted by molar-refractivity contribution is 0.472. The monoisotopic (exact) mass is 304 g/mol. The van der Waals surface area contributed by atoms with Crippen LogP contribution in [0.1, 0.15) is 17.9 Å². The van der Waals surface area contributed by atoms with E-state index in [2.05, 4.69) is 4.98 Å². The molecule has 0 radical (unpaired) electrons. The highest BCUT2D eigenvalue weighted by Crippen LogP contribution is 2.30. The predicted molar refractivity (Wildman–Crippen MR) is 79.6 cm³/mol. The Kier molecular flexibility index (Phi) is 3.65. The van der Waals surface area contributed by atoms with E-state index in [1.54, 1.807) is 0 Å².